The van der Waals surface area contributed by atoms with Gasteiger partial charge in [0, 0.05) is 57.8 Å². The molecule has 1 saturated heterocycles. The molecule has 2 heterocycles. The third kappa shape index (κ3) is 4.98. The number of nitrogens with zero attached hydrogens (tertiary/aromatic N) is 4. The molecular weight excluding hydrogens is 377 g/mol. The minimum atomic E-state index is -0.0817. The maximum Gasteiger partial charge on any atom is 0.249 e. The SMILES string of the molecule is CCn1ccnc([N-]C2CCN(Cc3ccccc3)CC2)c1=O.[Y]. The molecule has 24 heavy (non-hydrogen) atoms. The van der Waals surface area contributed by atoms with Crippen LogP contribution in [0.4, 0.5) is 5.82 Å². The third-order valence-electron chi connectivity index (χ3n) is 4.35. The first-order valence-electron chi connectivity index (χ1n) is 8.29. The van der Waals surface area contributed by atoms with Crippen LogP contribution in [0.3, 0.4) is 0 Å². The smallest absolute Gasteiger partial charge is 0.249 e. The Morgan fingerprint density at radius 3 is 2.58 bits per heavy atom. The second-order valence-electron chi connectivity index (χ2n) is 5.96. The van der Waals surface area contributed by atoms with E-state index in [-0.39, 0.29) is 44.3 Å². The summed E-state index contributed by atoms with van der Waals surface area (Å²) in [4.78, 5) is 18.8. The van der Waals surface area contributed by atoms with Crippen LogP contribution in [0.25, 0.3) is 5.32 Å². The van der Waals surface area contributed by atoms with E-state index in [4.69, 9.17) is 0 Å². The Bertz CT molecular complexity index is 681. The fourth-order valence-electron chi connectivity index (χ4n) is 2.99. The number of aryl methyl sites for hydroxylation is 1. The molecule has 5 nitrogen and oxygen atoms in total. The van der Waals surface area contributed by atoms with E-state index in [0.717, 1.165) is 32.5 Å². The van der Waals surface area contributed by atoms with Gasteiger partial charge >= 0.3 is 0 Å². The van der Waals surface area contributed by atoms with Gasteiger partial charge < -0.3 is 14.9 Å². The van der Waals surface area contributed by atoms with E-state index in [1.54, 1.807) is 17.0 Å². The fraction of sp³-hybridized carbons (Fsp3) is 0.444. The number of hydrogen-bond acceptors (Lipinski definition) is 3. The largest absolute Gasteiger partial charge is 0.458 e. The van der Waals surface area contributed by atoms with E-state index in [1.807, 2.05) is 13.0 Å². The Labute approximate surface area is 168 Å². The summed E-state index contributed by atoms with van der Waals surface area (Å²) < 4.78 is 1.65. The molecule has 0 unspecified atom stereocenters. The van der Waals surface area contributed by atoms with Gasteiger partial charge in [0.15, 0.2) is 0 Å². The first kappa shape index (κ1) is 19.3. The van der Waals surface area contributed by atoms with E-state index in [9.17, 15) is 4.79 Å². The normalized spacial score (nSPS) is 15.7. The minimum Gasteiger partial charge on any atom is -0.458 e. The first-order chi connectivity index (χ1) is 11.3. The van der Waals surface area contributed by atoms with Gasteiger partial charge in [-0.25, -0.2) is 0 Å². The molecule has 125 valence electrons. The fourth-order valence-corrected chi connectivity index (χ4v) is 2.99. The average Bonchev–Trinajstić information content (AvgIpc) is 2.59. The molecule has 6 heteroatoms. The molecule has 0 bridgehead atoms. The van der Waals surface area contributed by atoms with Crippen LogP contribution < -0.4 is 5.56 Å². The topological polar surface area (TPSA) is 52.2 Å². The molecule has 0 N–H and O–H groups in total. The zero-order chi connectivity index (χ0) is 16.1. The van der Waals surface area contributed by atoms with E-state index < -0.39 is 0 Å². The molecule has 1 radical (unpaired) electrons. The molecule has 1 aromatic carbocycles. The molecule has 2 aromatic rings. The quantitative estimate of drug-likeness (QED) is 0.776. The van der Waals surface area contributed by atoms with Crippen LogP contribution in [0.2, 0.25) is 0 Å². The van der Waals surface area contributed by atoms with Crippen molar-refractivity contribution >= 4 is 5.82 Å². The molecule has 1 fully saturated rings. The molecule has 3 rings (SSSR count). The predicted octanol–water partition coefficient (Wildman–Crippen LogP) is 2.93. The second-order valence-corrected chi connectivity index (χ2v) is 5.96. The first-order valence-corrected chi connectivity index (χ1v) is 8.29. The molecule has 1 aliphatic rings. The van der Waals surface area contributed by atoms with Gasteiger partial charge in [-0.05, 0) is 44.5 Å². The Morgan fingerprint density at radius 1 is 1.21 bits per heavy atom. The van der Waals surface area contributed by atoms with Crippen LogP contribution in [0.1, 0.15) is 25.3 Å². The molecular formula is C18H23N4OY-. The van der Waals surface area contributed by atoms with E-state index >= 15 is 0 Å². The van der Waals surface area contributed by atoms with Gasteiger partial charge in [-0.15, -0.1) is 0 Å². The summed E-state index contributed by atoms with van der Waals surface area (Å²) in [5.74, 6) is 0.357. The summed E-state index contributed by atoms with van der Waals surface area (Å²) >= 11 is 0. The van der Waals surface area contributed by atoms with Crippen molar-refractivity contribution in [1.29, 1.82) is 0 Å². The Morgan fingerprint density at radius 2 is 1.92 bits per heavy atom. The standard InChI is InChI=1S/C18H23N4O.Y/c1-2-22-13-10-19-17(18(22)23)20-16-8-11-21(12-9-16)14-15-6-4-3-5-7-15;/h3-7,10,13,16H,2,8-9,11-12,14H2,1H3;/q-1;. The molecule has 0 atom stereocenters. The molecule has 0 aliphatic carbocycles. The van der Waals surface area contributed by atoms with Gasteiger partial charge in [0.05, 0.1) is 0 Å². The van der Waals surface area contributed by atoms with Gasteiger partial charge in [0.2, 0.25) is 5.56 Å². The summed E-state index contributed by atoms with van der Waals surface area (Å²) in [5.41, 5.74) is 1.26. The van der Waals surface area contributed by atoms with Crippen LogP contribution in [0.5, 0.6) is 0 Å². The summed E-state index contributed by atoms with van der Waals surface area (Å²) in [7, 11) is 0. The maximum absolute atomic E-state index is 12.2. The maximum atomic E-state index is 12.2. The van der Waals surface area contributed by atoms with Crippen LogP contribution in [-0.2, 0) is 45.8 Å². The van der Waals surface area contributed by atoms with Crippen LogP contribution in [-0.4, -0.2) is 33.6 Å². The summed E-state index contributed by atoms with van der Waals surface area (Å²) in [5, 5.41) is 4.60. The van der Waals surface area contributed by atoms with Crippen molar-refractivity contribution in [3.63, 3.8) is 0 Å². The zero-order valence-corrected chi connectivity index (χ0v) is 17.0. The van der Waals surface area contributed by atoms with Gasteiger partial charge in [0.25, 0.3) is 0 Å². The van der Waals surface area contributed by atoms with Crippen molar-refractivity contribution < 1.29 is 32.7 Å². The molecule has 1 aromatic heterocycles. The van der Waals surface area contributed by atoms with Gasteiger partial charge in [-0.1, -0.05) is 36.5 Å². The third-order valence-corrected chi connectivity index (χ3v) is 4.35. The number of benzene rings is 1. The van der Waals surface area contributed by atoms with Crippen molar-refractivity contribution in [3.8, 4) is 0 Å². The van der Waals surface area contributed by atoms with Crippen LogP contribution in [0, 0.1) is 0 Å². The monoisotopic (exact) mass is 400 g/mol. The van der Waals surface area contributed by atoms with Crippen molar-refractivity contribution in [3.05, 3.63) is 64.0 Å². The Hall–Kier alpha value is -1.04. The number of aromatic nitrogens is 2. The number of rotatable bonds is 5. The van der Waals surface area contributed by atoms with Gasteiger partial charge in [-0.2, -0.15) is 0 Å². The van der Waals surface area contributed by atoms with E-state index in [1.165, 1.54) is 5.56 Å². The second kappa shape index (κ2) is 9.45. The zero-order valence-electron chi connectivity index (χ0n) is 14.1. The summed E-state index contributed by atoms with van der Waals surface area (Å²) in [6.45, 7) is 5.61. The van der Waals surface area contributed by atoms with E-state index in [2.05, 4.69) is 39.5 Å². The summed E-state index contributed by atoms with van der Waals surface area (Å²) in [6, 6.07) is 10.7. The molecule has 0 saturated carbocycles. The van der Waals surface area contributed by atoms with Crippen molar-refractivity contribution in [1.82, 2.24) is 14.5 Å². The van der Waals surface area contributed by atoms with Crippen LogP contribution >= 0.6 is 0 Å². The van der Waals surface area contributed by atoms with Gasteiger partial charge in [-0.3, -0.25) is 9.69 Å². The summed E-state index contributed by atoms with van der Waals surface area (Å²) in [6.07, 6.45) is 5.34. The Balaban J connectivity index is 0.00000208. The Kier molecular flexibility index (Phi) is 7.59. The number of piperidine rings is 1. The predicted molar refractivity (Wildman–Crippen MR) is 91.9 cm³/mol. The van der Waals surface area contributed by atoms with Crippen molar-refractivity contribution in [2.24, 2.45) is 0 Å². The van der Waals surface area contributed by atoms with E-state index in [0.29, 0.717) is 12.4 Å². The van der Waals surface area contributed by atoms with Crippen LogP contribution in [0.15, 0.2) is 47.5 Å². The number of likely N-dealkylation sites (tertiary alicyclic amines) is 1. The molecule has 0 amide bonds. The average molecular weight is 400 g/mol. The molecule has 0 spiro atoms. The molecule has 1 aliphatic heterocycles. The van der Waals surface area contributed by atoms with Crippen molar-refractivity contribution in [2.75, 3.05) is 13.1 Å². The number of hydrogen-bond donors (Lipinski definition) is 0. The van der Waals surface area contributed by atoms with Gasteiger partial charge in [0.1, 0.15) is 0 Å². The van der Waals surface area contributed by atoms with Crippen molar-refractivity contribution in [2.45, 2.75) is 38.9 Å². The minimum absolute atomic E-state index is 0.